The van der Waals surface area contributed by atoms with Crippen LogP contribution in [0.25, 0.3) is 0 Å². The highest BCUT2D eigenvalue weighted by molar-refractivity contribution is 5.76. The molecule has 0 saturated carbocycles. The molecule has 6 nitrogen and oxygen atoms in total. The largest absolute Gasteiger partial charge is 0.466 e. The standard InChI is InChI=1S/C79H157NO5/c1-3-5-7-9-11-13-15-17-19-20-21-22-23-28-31-34-37-40-44-47-51-55-59-63-67-71-77(82)76(75-81)80-78(83)72-68-64-60-56-52-48-45-41-38-35-32-29-26-24-25-27-30-33-36-39-42-46-50-54-58-62-66-70-74-85-79(84)73-69-65-61-57-53-49-43-18-16-14-12-10-8-6-4-2/h76-77,81-82H,3-75H2,1-2H3,(H,80,83). The number of carbonyl (C=O) groups excluding carboxylic acids is 2. The Hall–Kier alpha value is -1.14. The van der Waals surface area contributed by atoms with Gasteiger partial charge in [0.15, 0.2) is 0 Å². The van der Waals surface area contributed by atoms with Crippen molar-refractivity contribution in [2.24, 2.45) is 0 Å². The number of hydrogen-bond acceptors (Lipinski definition) is 5. The fourth-order valence-electron chi connectivity index (χ4n) is 13.1. The Morgan fingerprint density at radius 1 is 0.282 bits per heavy atom. The fraction of sp³-hybridized carbons (Fsp3) is 0.975. The Morgan fingerprint density at radius 3 is 0.718 bits per heavy atom. The number of amides is 1. The molecular weight excluding hydrogens is 1040 g/mol. The van der Waals surface area contributed by atoms with Crippen molar-refractivity contribution in [3.63, 3.8) is 0 Å². The minimum Gasteiger partial charge on any atom is -0.466 e. The predicted molar refractivity (Wildman–Crippen MR) is 375 cm³/mol. The molecule has 0 aliphatic rings. The van der Waals surface area contributed by atoms with Crippen LogP contribution in [-0.2, 0) is 14.3 Å². The van der Waals surface area contributed by atoms with Crippen LogP contribution < -0.4 is 5.32 Å². The molecule has 0 aliphatic heterocycles. The van der Waals surface area contributed by atoms with E-state index in [9.17, 15) is 19.8 Å². The molecule has 2 atom stereocenters. The molecule has 0 aliphatic carbocycles. The highest BCUT2D eigenvalue weighted by Gasteiger charge is 2.20. The average molecular weight is 1200 g/mol. The summed E-state index contributed by atoms with van der Waals surface area (Å²) in [5.41, 5.74) is 0. The second-order valence-corrected chi connectivity index (χ2v) is 27.8. The second kappa shape index (κ2) is 75.3. The third-order valence-corrected chi connectivity index (χ3v) is 19.2. The van der Waals surface area contributed by atoms with Gasteiger partial charge in [-0.25, -0.2) is 0 Å². The Labute approximate surface area is 534 Å². The van der Waals surface area contributed by atoms with Gasteiger partial charge in [0.05, 0.1) is 25.4 Å². The first-order valence-electron chi connectivity index (χ1n) is 39.8. The van der Waals surface area contributed by atoms with Crippen LogP contribution in [-0.4, -0.2) is 47.4 Å². The molecule has 0 spiro atoms. The normalized spacial score (nSPS) is 12.4. The van der Waals surface area contributed by atoms with E-state index in [2.05, 4.69) is 19.2 Å². The highest BCUT2D eigenvalue weighted by atomic mass is 16.5. The molecule has 2 unspecified atom stereocenters. The molecule has 0 heterocycles. The van der Waals surface area contributed by atoms with Crippen molar-refractivity contribution in [1.82, 2.24) is 5.32 Å². The van der Waals surface area contributed by atoms with Crippen molar-refractivity contribution < 1.29 is 24.5 Å². The molecule has 0 aromatic rings. The molecule has 0 bridgehead atoms. The highest BCUT2D eigenvalue weighted by Crippen LogP contribution is 2.21. The zero-order valence-electron chi connectivity index (χ0n) is 58.4. The van der Waals surface area contributed by atoms with E-state index < -0.39 is 12.1 Å². The summed E-state index contributed by atoms with van der Waals surface area (Å²) < 4.78 is 5.51. The van der Waals surface area contributed by atoms with E-state index >= 15 is 0 Å². The fourth-order valence-corrected chi connectivity index (χ4v) is 13.1. The van der Waals surface area contributed by atoms with Gasteiger partial charge in [-0.05, 0) is 25.7 Å². The van der Waals surface area contributed by atoms with E-state index in [0.717, 1.165) is 38.5 Å². The van der Waals surface area contributed by atoms with Crippen LogP contribution in [0, 0.1) is 0 Å². The lowest BCUT2D eigenvalue weighted by molar-refractivity contribution is -0.143. The van der Waals surface area contributed by atoms with Gasteiger partial charge in [-0.1, -0.05) is 431 Å². The van der Waals surface area contributed by atoms with Gasteiger partial charge >= 0.3 is 5.97 Å². The van der Waals surface area contributed by atoms with Gasteiger partial charge < -0.3 is 20.3 Å². The molecule has 0 saturated heterocycles. The molecule has 0 radical (unpaired) electrons. The summed E-state index contributed by atoms with van der Waals surface area (Å²) in [7, 11) is 0. The second-order valence-electron chi connectivity index (χ2n) is 27.8. The van der Waals surface area contributed by atoms with Gasteiger partial charge in [0, 0.05) is 12.8 Å². The first-order chi connectivity index (χ1) is 42.0. The number of nitrogens with one attached hydrogen (secondary N) is 1. The monoisotopic (exact) mass is 1200 g/mol. The number of rotatable bonds is 76. The molecule has 0 aromatic heterocycles. The lowest BCUT2D eigenvalue weighted by atomic mass is 10.0. The molecule has 85 heavy (non-hydrogen) atoms. The Bertz CT molecular complexity index is 1240. The Morgan fingerprint density at radius 2 is 0.482 bits per heavy atom. The lowest BCUT2D eigenvalue weighted by Crippen LogP contribution is -2.45. The number of carbonyl (C=O) groups is 2. The Balaban J connectivity index is 3.33. The summed E-state index contributed by atoms with van der Waals surface area (Å²) in [5, 5.41) is 23.5. The van der Waals surface area contributed by atoms with Crippen LogP contribution in [0.4, 0.5) is 0 Å². The summed E-state index contributed by atoms with van der Waals surface area (Å²) in [4.78, 5) is 24.7. The number of hydrogen-bond donors (Lipinski definition) is 3. The SMILES string of the molecule is CCCCCCCCCCCCCCCCCCCCCCCCCCCC(O)C(CO)NC(=O)CCCCCCCCCCCCCCCCCCCCCCCCCCCCCCOC(=O)CCCCCCCCCCCCCCCCC. The number of ether oxygens (including phenoxy) is 1. The Kier molecular flexibility index (Phi) is 74.3. The van der Waals surface area contributed by atoms with Crippen LogP contribution >= 0.6 is 0 Å². The summed E-state index contributed by atoms with van der Waals surface area (Å²) in [6.07, 6.45) is 93.4. The molecule has 1 amide bonds. The molecular formula is C79H157NO5. The molecule has 508 valence electrons. The molecule has 0 fully saturated rings. The van der Waals surface area contributed by atoms with Crippen LogP contribution in [0.2, 0.25) is 0 Å². The van der Waals surface area contributed by atoms with Crippen LogP contribution in [0.3, 0.4) is 0 Å². The average Bonchev–Trinajstić information content (AvgIpc) is 3.51. The first kappa shape index (κ1) is 83.9. The van der Waals surface area contributed by atoms with Crippen LogP contribution in [0.15, 0.2) is 0 Å². The van der Waals surface area contributed by atoms with Gasteiger partial charge in [-0.15, -0.1) is 0 Å². The maximum absolute atomic E-state index is 12.6. The van der Waals surface area contributed by atoms with E-state index in [1.165, 1.54) is 398 Å². The predicted octanol–water partition coefficient (Wildman–Crippen LogP) is 26.1. The lowest BCUT2D eigenvalue weighted by Gasteiger charge is -2.22. The van der Waals surface area contributed by atoms with Crippen molar-refractivity contribution in [1.29, 1.82) is 0 Å². The zero-order valence-corrected chi connectivity index (χ0v) is 58.4. The number of aliphatic hydroxyl groups excluding tert-OH is 2. The topological polar surface area (TPSA) is 95.9 Å². The summed E-state index contributed by atoms with van der Waals surface area (Å²) in [6, 6.07) is -0.540. The molecule has 0 rings (SSSR count). The van der Waals surface area contributed by atoms with E-state index in [1.807, 2.05) is 0 Å². The minimum absolute atomic E-state index is 0.0234. The van der Waals surface area contributed by atoms with Gasteiger partial charge in [0.2, 0.25) is 5.91 Å². The third-order valence-electron chi connectivity index (χ3n) is 19.2. The summed E-state index contributed by atoms with van der Waals surface area (Å²) in [5.74, 6) is -0.00159. The molecule has 6 heteroatoms. The van der Waals surface area contributed by atoms with E-state index in [4.69, 9.17) is 4.74 Å². The van der Waals surface area contributed by atoms with E-state index in [1.54, 1.807) is 0 Å². The summed E-state index contributed by atoms with van der Waals surface area (Å²) in [6.45, 7) is 5.02. The van der Waals surface area contributed by atoms with Crippen LogP contribution in [0.1, 0.15) is 470 Å². The van der Waals surface area contributed by atoms with Crippen molar-refractivity contribution in [2.45, 2.75) is 482 Å². The van der Waals surface area contributed by atoms with E-state index in [-0.39, 0.29) is 18.5 Å². The maximum Gasteiger partial charge on any atom is 0.305 e. The smallest absolute Gasteiger partial charge is 0.305 e. The van der Waals surface area contributed by atoms with Gasteiger partial charge in [0.25, 0.3) is 0 Å². The van der Waals surface area contributed by atoms with Crippen molar-refractivity contribution in [2.75, 3.05) is 13.2 Å². The number of esters is 1. The zero-order chi connectivity index (χ0) is 61.3. The number of aliphatic hydroxyl groups is 2. The number of unbranched alkanes of at least 4 members (excludes halogenated alkanes) is 65. The first-order valence-corrected chi connectivity index (χ1v) is 39.8. The summed E-state index contributed by atoms with van der Waals surface area (Å²) >= 11 is 0. The van der Waals surface area contributed by atoms with Crippen molar-refractivity contribution in [3.8, 4) is 0 Å². The van der Waals surface area contributed by atoms with Crippen molar-refractivity contribution in [3.05, 3.63) is 0 Å². The molecule has 0 aromatic carbocycles. The quantitative estimate of drug-likeness (QED) is 0.0417. The van der Waals surface area contributed by atoms with Gasteiger partial charge in [-0.2, -0.15) is 0 Å². The van der Waals surface area contributed by atoms with Gasteiger partial charge in [0.1, 0.15) is 0 Å². The maximum atomic E-state index is 12.6. The minimum atomic E-state index is -0.663. The molecule has 3 N–H and O–H groups in total. The van der Waals surface area contributed by atoms with Crippen LogP contribution in [0.5, 0.6) is 0 Å². The van der Waals surface area contributed by atoms with Gasteiger partial charge in [-0.3, -0.25) is 9.59 Å². The van der Waals surface area contributed by atoms with Crippen molar-refractivity contribution >= 4 is 11.9 Å². The third kappa shape index (κ3) is 71.8. The van der Waals surface area contributed by atoms with E-state index in [0.29, 0.717) is 25.9 Å².